The molecule has 2 atom stereocenters. The minimum absolute atomic E-state index is 0.0362. The van der Waals surface area contributed by atoms with E-state index in [4.69, 9.17) is 11.5 Å². The molecule has 1 aliphatic heterocycles. The van der Waals surface area contributed by atoms with E-state index in [9.17, 15) is 9.59 Å². The van der Waals surface area contributed by atoms with E-state index in [0.717, 1.165) is 32.4 Å². The number of pyridine rings is 1. The van der Waals surface area contributed by atoms with Crippen LogP contribution in [-0.4, -0.2) is 34.5 Å². The molecule has 4 N–H and O–H groups in total. The lowest BCUT2D eigenvalue weighted by Crippen LogP contribution is -2.46. The zero-order valence-electron chi connectivity index (χ0n) is 12.5. The third-order valence-electron chi connectivity index (χ3n) is 4.26. The molecule has 21 heavy (non-hydrogen) atoms. The first kappa shape index (κ1) is 15.6. The number of piperidine rings is 1. The van der Waals surface area contributed by atoms with Crippen molar-refractivity contribution in [3.8, 4) is 0 Å². The van der Waals surface area contributed by atoms with E-state index in [-0.39, 0.29) is 17.4 Å². The van der Waals surface area contributed by atoms with Crippen molar-refractivity contribution in [3.63, 3.8) is 0 Å². The standard InChI is InChI=1S/C15H24N4O2/c1-11-3-4-12(15(17)21)9-18(11)7-2-8-19-10-13(16)5-6-14(19)20/h5-6,10-12H,2-4,7-9,16H2,1H3,(H2,17,21). The maximum Gasteiger partial charge on any atom is 0.250 e. The van der Waals surface area contributed by atoms with Gasteiger partial charge in [0, 0.05) is 43.6 Å². The Balaban J connectivity index is 1.88. The third-order valence-corrected chi connectivity index (χ3v) is 4.26. The highest BCUT2D eigenvalue weighted by Gasteiger charge is 2.27. The van der Waals surface area contributed by atoms with Crippen LogP contribution in [0.15, 0.2) is 23.1 Å². The fourth-order valence-corrected chi connectivity index (χ4v) is 2.89. The predicted molar refractivity (Wildman–Crippen MR) is 82.7 cm³/mol. The van der Waals surface area contributed by atoms with Gasteiger partial charge in [-0.3, -0.25) is 14.5 Å². The maximum absolute atomic E-state index is 11.7. The summed E-state index contributed by atoms with van der Waals surface area (Å²) >= 11 is 0. The number of primary amides is 1. The number of nitrogens with two attached hydrogens (primary N) is 2. The van der Waals surface area contributed by atoms with Crippen LogP contribution in [0, 0.1) is 5.92 Å². The molecule has 0 spiro atoms. The van der Waals surface area contributed by atoms with Crippen LogP contribution in [0.5, 0.6) is 0 Å². The minimum Gasteiger partial charge on any atom is -0.398 e. The number of hydrogen-bond acceptors (Lipinski definition) is 4. The number of aryl methyl sites for hydroxylation is 1. The third kappa shape index (κ3) is 4.07. The van der Waals surface area contributed by atoms with Crippen molar-refractivity contribution in [1.82, 2.24) is 9.47 Å². The summed E-state index contributed by atoms with van der Waals surface area (Å²) in [6.45, 7) is 4.38. The van der Waals surface area contributed by atoms with Gasteiger partial charge < -0.3 is 16.0 Å². The van der Waals surface area contributed by atoms with Gasteiger partial charge in [-0.1, -0.05) is 0 Å². The Morgan fingerprint density at radius 3 is 2.81 bits per heavy atom. The minimum atomic E-state index is -0.209. The first-order valence-corrected chi connectivity index (χ1v) is 7.46. The molecule has 116 valence electrons. The highest BCUT2D eigenvalue weighted by Crippen LogP contribution is 2.21. The number of nitrogens with zero attached hydrogens (tertiary/aromatic N) is 2. The van der Waals surface area contributed by atoms with E-state index in [1.165, 1.54) is 6.07 Å². The van der Waals surface area contributed by atoms with Crippen LogP contribution in [0.25, 0.3) is 0 Å². The van der Waals surface area contributed by atoms with E-state index in [1.54, 1.807) is 16.8 Å². The average molecular weight is 292 g/mol. The van der Waals surface area contributed by atoms with Crippen molar-refractivity contribution in [2.45, 2.75) is 38.8 Å². The number of carbonyl (C=O) groups is 1. The van der Waals surface area contributed by atoms with Crippen LogP contribution >= 0.6 is 0 Å². The summed E-state index contributed by atoms with van der Waals surface area (Å²) < 4.78 is 1.63. The lowest BCUT2D eigenvalue weighted by molar-refractivity contribution is -0.123. The topological polar surface area (TPSA) is 94.3 Å². The summed E-state index contributed by atoms with van der Waals surface area (Å²) in [5, 5.41) is 0. The molecule has 0 radical (unpaired) electrons. The zero-order valence-corrected chi connectivity index (χ0v) is 12.5. The molecule has 0 aliphatic carbocycles. The van der Waals surface area contributed by atoms with E-state index in [2.05, 4.69) is 11.8 Å². The van der Waals surface area contributed by atoms with Crippen molar-refractivity contribution in [3.05, 3.63) is 28.7 Å². The number of amides is 1. The summed E-state index contributed by atoms with van der Waals surface area (Å²) in [6.07, 6.45) is 4.39. The van der Waals surface area contributed by atoms with Gasteiger partial charge in [0.2, 0.25) is 5.91 Å². The zero-order chi connectivity index (χ0) is 15.4. The second-order valence-corrected chi connectivity index (χ2v) is 5.87. The quantitative estimate of drug-likeness (QED) is 0.821. The second-order valence-electron chi connectivity index (χ2n) is 5.87. The molecule has 1 amide bonds. The van der Waals surface area contributed by atoms with Gasteiger partial charge in [-0.2, -0.15) is 0 Å². The smallest absolute Gasteiger partial charge is 0.250 e. The highest BCUT2D eigenvalue weighted by molar-refractivity contribution is 5.76. The number of nitrogen functional groups attached to an aromatic ring is 1. The van der Waals surface area contributed by atoms with E-state index in [0.29, 0.717) is 18.3 Å². The highest BCUT2D eigenvalue weighted by atomic mass is 16.1. The Morgan fingerprint density at radius 1 is 1.33 bits per heavy atom. The Hall–Kier alpha value is -1.82. The predicted octanol–water partition coefficient (Wildman–Crippen LogP) is 0.406. The van der Waals surface area contributed by atoms with Crippen LogP contribution in [0.2, 0.25) is 0 Å². The fraction of sp³-hybridized carbons (Fsp3) is 0.600. The molecule has 1 aromatic heterocycles. The number of anilines is 1. The van der Waals surface area contributed by atoms with Crippen molar-refractivity contribution in [2.24, 2.45) is 11.7 Å². The lowest BCUT2D eigenvalue weighted by Gasteiger charge is -2.36. The number of carbonyl (C=O) groups excluding carboxylic acids is 1. The van der Waals surface area contributed by atoms with Crippen molar-refractivity contribution < 1.29 is 4.79 Å². The van der Waals surface area contributed by atoms with E-state index >= 15 is 0 Å². The molecular formula is C15H24N4O2. The average Bonchev–Trinajstić information content (AvgIpc) is 2.44. The monoisotopic (exact) mass is 292 g/mol. The Kier molecular flexibility index (Phi) is 5.01. The summed E-state index contributed by atoms with van der Waals surface area (Å²) in [5.41, 5.74) is 11.7. The van der Waals surface area contributed by atoms with Crippen LogP contribution in [0.1, 0.15) is 26.2 Å². The van der Waals surface area contributed by atoms with Crippen LogP contribution < -0.4 is 17.0 Å². The molecule has 1 fully saturated rings. The number of likely N-dealkylation sites (tertiary alicyclic amines) is 1. The molecule has 1 aliphatic rings. The first-order chi connectivity index (χ1) is 9.97. The van der Waals surface area contributed by atoms with Crippen molar-refractivity contribution >= 4 is 11.6 Å². The molecule has 1 saturated heterocycles. The second kappa shape index (κ2) is 6.76. The Morgan fingerprint density at radius 2 is 2.10 bits per heavy atom. The number of rotatable bonds is 5. The van der Waals surface area contributed by atoms with Crippen molar-refractivity contribution in [1.29, 1.82) is 0 Å². The molecule has 1 aromatic rings. The van der Waals surface area contributed by atoms with Crippen LogP contribution in [-0.2, 0) is 11.3 Å². The molecule has 2 rings (SSSR count). The van der Waals surface area contributed by atoms with Crippen molar-refractivity contribution in [2.75, 3.05) is 18.8 Å². The molecule has 0 saturated carbocycles. The van der Waals surface area contributed by atoms with Gasteiger partial charge in [0.05, 0.1) is 5.92 Å². The van der Waals surface area contributed by atoms with Gasteiger partial charge in [-0.15, -0.1) is 0 Å². The molecule has 2 heterocycles. The maximum atomic E-state index is 11.7. The summed E-state index contributed by atoms with van der Waals surface area (Å²) in [7, 11) is 0. The Bertz CT molecular complexity index is 555. The molecule has 6 nitrogen and oxygen atoms in total. The van der Waals surface area contributed by atoms with E-state index < -0.39 is 0 Å². The summed E-state index contributed by atoms with van der Waals surface area (Å²) in [6, 6.07) is 3.56. The fourth-order valence-electron chi connectivity index (χ4n) is 2.89. The first-order valence-electron chi connectivity index (χ1n) is 7.46. The molecule has 6 heteroatoms. The molecule has 0 aromatic carbocycles. The molecular weight excluding hydrogens is 268 g/mol. The van der Waals surface area contributed by atoms with Gasteiger partial charge in [-0.05, 0) is 32.3 Å². The molecule has 2 unspecified atom stereocenters. The number of aromatic nitrogens is 1. The van der Waals surface area contributed by atoms with Crippen LogP contribution in [0.3, 0.4) is 0 Å². The van der Waals surface area contributed by atoms with Crippen LogP contribution in [0.4, 0.5) is 5.69 Å². The summed E-state index contributed by atoms with van der Waals surface area (Å²) in [5.74, 6) is -0.254. The normalized spacial score (nSPS) is 23.1. The van der Waals surface area contributed by atoms with Gasteiger partial charge in [-0.25, -0.2) is 0 Å². The molecule has 0 bridgehead atoms. The van der Waals surface area contributed by atoms with E-state index in [1.807, 2.05) is 0 Å². The SMILES string of the molecule is CC1CCC(C(N)=O)CN1CCCn1cc(N)ccc1=O. The van der Waals surface area contributed by atoms with Gasteiger partial charge >= 0.3 is 0 Å². The van der Waals surface area contributed by atoms with Gasteiger partial charge in [0.1, 0.15) is 0 Å². The van der Waals surface area contributed by atoms with Gasteiger partial charge in [0.15, 0.2) is 0 Å². The van der Waals surface area contributed by atoms with Gasteiger partial charge in [0.25, 0.3) is 5.56 Å². The number of hydrogen-bond donors (Lipinski definition) is 2. The Labute approximate surface area is 124 Å². The lowest BCUT2D eigenvalue weighted by atomic mass is 9.93. The summed E-state index contributed by atoms with van der Waals surface area (Å²) in [4.78, 5) is 25.3. The largest absolute Gasteiger partial charge is 0.398 e.